The predicted octanol–water partition coefficient (Wildman–Crippen LogP) is 3.29. The van der Waals surface area contributed by atoms with E-state index in [2.05, 4.69) is 48.6 Å². The SMILES string of the molecule is COC(CBr)CC(C)(C)C=NC(C)C. The van der Waals surface area contributed by atoms with Gasteiger partial charge in [-0.15, -0.1) is 0 Å². The van der Waals surface area contributed by atoms with Crippen molar-refractivity contribution < 1.29 is 4.74 Å². The van der Waals surface area contributed by atoms with Crippen LogP contribution in [0.3, 0.4) is 0 Å². The van der Waals surface area contributed by atoms with Gasteiger partial charge in [0.15, 0.2) is 0 Å². The van der Waals surface area contributed by atoms with Crippen molar-refractivity contribution in [1.82, 2.24) is 0 Å². The van der Waals surface area contributed by atoms with Crippen molar-refractivity contribution in [3.05, 3.63) is 0 Å². The van der Waals surface area contributed by atoms with E-state index in [-0.39, 0.29) is 11.5 Å². The third kappa shape index (κ3) is 6.55. The van der Waals surface area contributed by atoms with E-state index in [1.54, 1.807) is 7.11 Å². The van der Waals surface area contributed by atoms with Crippen LogP contribution in [-0.2, 0) is 4.74 Å². The first-order chi connectivity index (χ1) is 6.41. The van der Waals surface area contributed by atoms with Crippen LogP contribution in [-0.4, -0.2) is 30.8 Å². The summed E-state index contributed by atoms with van der Waals surface area (Å²) in [5.74, 6) is 0. The molecular weight excluding hydrogens is 242 g/mol. The molecule has 0 amide bonds. The Labute approximate surface area is 96.3 Å². The van der Waals surface area contributed by atoms with Gasteiger partial charge in [-0.1, -0.05) is 29.8 Å². The molecule has 0 aliphatic carbocycles. The molecule has 0 bridgehead atoms. The van der Waals surface area contributed by atoms with Crippen LogP contribution in [0.15, 0.2) is 4.99 Å². The van der Waals surface area contributed by atoms with E-state index >= 15 is 0 Å². The Morgan fingerprint density at radius 2 is 2.00 bits per heavy atom. The first-order valence-corrected chi connectivity index (χ1v) is 6.16. The van der Waals surface area contributed by atoms with Crippen molar-refractivity contribution in [3.63, 3.8) is 0 Å². The molecule has 2 nitrogen and oxygen atoms in total. The second-order valence-electron chi connectivity index (χ2n) is 4.58. The van der Waals surface area contributed by atoms with E-state index in [0.29, 0.717) is 6.04 Å². The molecule has 0 aromatic carbocycles. The second kappa shape index (κ2) is 6.57. The van der Waals surface area contributed by atoms with Crippen molar-refractivity contribution in [3.8, 4) is 0 Å². The van der Waals surface area contributed by atoms with Gasteiger partial charge in [0.25, 0.3) is 0 Å². The highest BCUT2D eigenvalue weighted by Crippen LogP contribution is 2.22. The first kappa shape index (κ1) is 14.1. The average molecular weight is 264 g/mol. The molecule has 0 saturated carbocycles. The van der Waals surface area contributed by atoms with Crippen LogP contribution >= 0.6 is 15.9 Å². The summed E-state index contributed by atoms with van der Waals surface area (Å²) in [5, 5.41) is 0.877. The maximum absolute atomic E-state index is 5.33. The Morgan fingerprint density at radius 1 is 1.43 bits per heavy atom. The van der Waals surface area contributed by atoms with Gasteiger partial charge < -0.3 is 4.74 Å². The summed E-state index contributed by atoms with van der Waals surface area (Å²) in [6.07, 6.45) is 3.31. The molecule has 3 heteroatoms. The lowest BCUT2D eigenvalue weighted by molar-refractivity contribution is 0.0962. The van der Waals surface area contributed by atoms with Crippen molar-refractivity contribution in [2.75, 3.05) is 12.4 Å². The Morgan fingerprint density at radius 3 is 2.36 bits per heavy atom. The quantitative estimate of drug-likeness (QED) is 0.533. The molecule has 0 aliphatic heterocycles. The Bertz CT molecular complexity index is 174. The lowest BCUT2D eigenvalue weighted by Crippen LogP contribution is -2.25. The maximum atomic E-state index is 5.33. The molecule has 0 radical (unpaired) electrons. The van der Waals surface area contributed by atoms with Crippen LogP contribution in [0.25, 0.3) is 0 Å². The van der Waals surface area contributed by atoms with Gasteiger partial charge in [-0.25, -0.2) is 0 Å². The minimum atomic E-state index is 0.110. The number of nitrogens with zero attached hydrogens (tertiary/aromatic N) is 1. The lowest BCUT2D eigenvalue weighted by Gasteiger charge is -2.24. The Balaban J connectivity index is 4.17. The van der Waals surface area contributed by atoms with Crippen LogP contribution in [0.2, 0.25) is 0 Å². The highest BCUT2D eigenvalue weighted by Gasteiger charge is 2.20. The monoisotopic (exact) mass is 263 g/mol. The summed E-state index contributed by atoms with van der Waals surface area (Å²) >= 11 is 3.44. The summed E-state index contributed by atoms with van der Waals surface area (Å²) in [7, 11) is 1.75. The Kier molecular flexibility index (Phi) is 6.62. The zero-order valence-corrected chi connectivity index (χ0v) is 11.5. The van der Waals surface area contributed by atoms with Crippen LogP contribution in [0.5, 0.6) is 0 Å². The molecule has 0 heterocycles. The molecule has 1 unspecified atom stereocenters. The summed E-state index contributed by atoms with van der Waals surface area (Å²) in [6, 6.07) is 0.374. The molecule has 0 aromatic heterocycles. The average Bonchev–Trinajstić information content (AvgIpc) is 2.11. The minimum Gasteiger partial charge on any atom is -0.381 e. The predicted molar refractivity (Wildman–Crippen MR) is 66.6 cm³/mol. The molecular formula is C11H22BrNO. The summed E-state index contributed by atoms with van der Waals surface area (Å²) < 4.78 is 5.33. The fourth-order valence-electron chi connectivity index (χ4n) is 1.19. The van der Waals surface area contributed by atoms with Gasteiger partial charge in [0.2, 0.25) is 0 Å². The van der Waals surface area contributed by atoms with Crippen LogP contribution < -0.4 is 0 Å². The van der Waals surface area contributed by atoms with E-state index in [1.165, 1.54) is 0 Å². The van der Waals surface area contributed by atoms with Gasteiger partial charge in [-0.3, -0.25) is 4.99 Å². The topological polar surface area (TPSA) is 21.6 Å². The number of aliphatic imine (C=N–C) groups is 1. The van der Waals surface area contributed by atoms with Gasteiger partial charge >= 0.3 is 0 Å². The van der Waals surface area contributed by atoms with E-state index in [0.717, 1.165) is 11.8 Å². The van der Waals surface area contributed by atoms with E-state index in [4.69, 9.17) is 4.74 Å². The summed E-state index contributed by atoms with van der Waals surface area (Å²) in [5.41, 5.74) is 0.110. The zero-order valence-electron chi connectivity index (χ0n) is 9.88. The number of alkyl halides is 1. The fraction of sp³-hybridized carbons (Fsp3) is 0.909. The first-order valence-electron chi connectivity index (χ1n) is 5.04. The fourth-order valence-corrected chi connectivity index (χ4v) is 1.68. The molecule has 84 valence electrons. The highest BCUT2D eigenvalue weighted by molar-refractivity contribution is 9.09. The van der Waals surface area contributed by atoms with Crippen molar-refractivity contribution in [2.45, 2.75) is 46.3 Å². The van der Waals surface area contributed by atoms with Gasteiger partial charge in [0.05, 0.1) is 6.10 Å². The van der Waals surface area contributed by atoms with E-state index in [9.17, 15) is 0 Å². The van der Waals surface area contributed by atoms with Crippen molar-refractivity contribution in [1.29, 1.82) is 0 Å². The molecule has 0 aromatic rings. The molecule has 14 heavy (non-hydrogen) atoms. The number of rotatable bonds is 6. The number of hydrogen-bond donors (Lipinski definition) is 0. The van der Waals surface area contributed by atoms with Gasteiger partial charge in [0.1, 0.15) is 0 Å². The van der Waals surface area contributed by atoms with Gasteiger partial charge in [-0.2, -0.15) is 0 Å². The van der Waals surface area contributed by atoms with Crippen LogP contribution in [0, 0.1) is 5.41 Å². The highest BCUT2D eigenvalue weighted by atomic mass is 79.9. The zero-order chi connectivity index (χ0) is 11.2. The lowest BCUT2D eigenvalue weighted by atomic mass is 9.88. The molecule has 0 fully saturated rings. The van der Waals surface area contributed by atoms with E-state index in [1.807, 2.05) is 6.21 Å². The maximum Gasteiger partial charge on any atom is 0.0676 e. The number of halogens is 1. The molecule has 0 aliphatic rings. The molecule has 0 N–H and O–H groups in total. The van der Waals surface area contributed by atoms with E-state index < -0.39 is 0 Å². The summed E-state index contributed by atoms with van der Waals surface area (Å²) in [6.45, 7) is 8.55. The molecule has 0 spiro atoms. The largest absolute Gasteiger partial charge is 0.381 e. The number of hydrogen-bond acceptors (Lipinski definition) is 2. The number of ether oxygens (including phenoxy) is 1. The molecule has 0 rings (SSSR count). The summed E-state index contributed by atoms with van der Waals surface area (Å²) in [4.78, 5) is 4.42. The van der Waals surface area contributed by atoms with Crippen molar-refractivity contribution >= 4 is 22.1 Å². The van der Waals surface area contributed by atoms with Crippen molar-refractivity contribution in [2.24, 2.45) is 10.4 Å². The molecule has 0 saturated heterocycles. The van der Waals surface area contributed by atoms with Crippen LogP contribution in [0.4, 0.5) is 0 Å². The van der Waals surface area contributed by atoms with Crippen LogP contribution in [0.1, 0.15) is 34.1 Å². The smallest absolute Gasteiger partial charge is 0.0676 e. The third-order valence-electron chi connectivity index (χ3n) is 1.98. The minimum absolute atomic E-state index is 0.110. The standard InChI is InChI=1S/C11H22BrNO/c1-9(2)13-8-11(3,4)6-10(7-12)14-5/h8-10H,6-7H2,1-5H3. The van der Waals surface area contributed by atoms with Gasteiger partial charge in [-0.05, 0) is 20.3 Å². The number of methoxy groups -OCH3 is 1. The molecule has 1 atom stereocenters. The third-order valence-corrected chi connectivity index (χ3v) is 2.70. The Hall–Kier alpha value is 0.110. The second-order valence-corrected chi connectivity index (χ2v) is 5.22. The normalized spacial score (nSPS) is 15.4. The van der Waals surface area contributed by atoms with Gasteiger partial charge in [0, 0.05) is 30.1 Å².